The van der Waals surface area contributed by atoms with Crippen molar-refractivity contribution in [3.05, 3.63) is 31.7 Å². The summed E-state index contributed by atoms with van der Waals surface area (Å²) in [5.74, 6) is 1.05. The summed E-state index contributed by atoms with van der Waals surface area (Å²) in [6.45, 7) is 6.34. The molecule has 1 fully saturated rings. The minimum Gasteiger partial charge on any atom is -0.358 e. The first-order chi connectivity index (χ1) is 6.39. The van der Waals surface area contributed by atoms with Crippen molar-refractivity contribution in [2.24, 2.45) is 5.92 Å². The molecule has 0 amide bonds. The van der Waals surface area contributed by atoms with Crippen molar-refractivity contribution >= 4 is 0 Å². The fourth-order valence-corrected chi connectivity index (χ4v) is 1.52. The molecule has 0 saturated heterocycles. The summed E-state index contributed by atoms with van der Waals surface area (Å²) in [4.78, 5) is 0. The zero-order valence-electron chi connectivity index (χ0n) is 11.4. The van der Waals surface area contributed by atoms with Crippen molar-refractivity contribution < 1.29 is 18.9 Å². The summed E-state index contributed by atoms with van der Waals surface area (Å²) in [6.07, 6.45) is 15.4. The van der Waals surface area contributed by atoms with Gasteiger partial charge in [0.05, 0.1) is 0 Å². The van der Waals surface area contributed by atoms with Crippen molar-refractivity contribution in [2.45, 2.75) is 52.9 Å². The van der Waals surface area contributed by atoms with E-state index in [1.807, 2.05) is 13.8 Å². The predicted octanol–water partition coefficient (Wildman–Crippen LogP) is 2.18. The minimum atomic E-state index is 0. The molecule has 0 N–H and O–H groups in total. The molecule has 0 nitrogen and oxygen atoms in total. The third-order valence-electron chi connectivity index (χ3n) is 2.30. The zero-order valence-corrected chi connectivity index (χ0v) is 11.4. The van der Waals surface area contributed by atoms with Crippen molar-refractivity contribution in [1.82, 2.24) is 0 Å². The molecule has 0 spiro atoms. The number of hydrogen-bond donors (Lipinski definition) is 0. The summed E-state index contributed by atoms with van der Waals surface area (Å²) in [5, 5.41) is 0. The third-order valence-corrected chi connectivity index (χ3v) is 2.30. The predicted molar refractivity (Wildman–Crippen MR) is 68.3 cm³/mol. The average Bonchev–Trinajstić information content (AvgIpc) is 2.81. The smallest absolute Gasteiger partial charge is 0.358 e. The van der Waals surface area contributed by atoms with Gasteiger partial charge in [-0.2, -0.15) is 0 Å². The van der Waals surface area contributed by atoms with Gasteiger partial charge in [0.25, 0.3) is 0 Å². The van der Waals surface area contributed by atoms with Crippen LogP contribution in [0.2, 0.25) is 0 Å². The normalized spacial score (nSPS) is 16.5. The van der Waals surface area contributed by atoms with Gasteiger partial charge in [0.1, 0.15) is 0 Å². The van der Waals surface area contributed by atoms with E-state index in [1.54, 1.807) is 0 Å². The van der Waals surface area contributed by atoms with Crippen LogP contribution in [-0.4, -0.2) is 0 Å². The molecule has 0 radical (unpaired) electrons. The maximum atomic E-state index is 2.34. The summed E-state index contributed by atoms with van der Waals surface area (Å²) in [6, 6.07) is 0. The maximum Gasteiger partial charge on any atom is 1.00 e. The summed E-state index contributed by atoms with van der Waals surface area (Å²) >= 11 is 0. The molecule has 0 aromatic rings. The first-order valence-corrected chi connectivity index (χ1v) is 5.71. The van der Waals surface area contributed by atoms with E-state index in [1.165, 1.54) is 25.7 Å². The first kappa shape index (κ1) is 20.5. The van der Waals surface area contributed by atoms with Gasteiger partial charge in [-0.3, -0.25) is 0 Å². The van der Waals surface area contributed by atoms with E-state index in [2.05, 4.69) is 31.2 Å². The molecule has 2 aliphatic rings. The number of hydrogen-bond acceptors (Lipinski definition) is 0. The van der Waals surface area contributed by atoms with Crippen LogP contribution in [0, 0.1) is 13.3 Å². The third kappa shape index (κ3) is 14.1. The van der Waals surface area contributed by atoms with E-state index in [0.29, 0.717) is 0 Å². The van der Waals surface area contributed by atoms with E-state index in [-0.39, 0.29) is 26.3 Å². The van der Waals surface area contributed by atoms with Gasteiger partial charge < -0.3 is 7.43 Å². The Morgan fingerprint density at radius 3 is 1.47 bits per heavy atom. The van der Waals surface area contributed by atoms with Crippen molar-refractivity contribution in [3.63, 3.8) is 0 Å². The Balaban J connectivity index is -0.000000149. The van der Waals surface area contributed by atoms with Crippen molar-refractivity contribution in [3.8, 4) is 0 Å². The molecule has 2 aliphatic carbocycles. The SMILES string of the molecule is C1=CCC=C1.CC.CC1CCCC1.[CH3-].[Li+]. The van der Waals surface area contributed by atoms with E-state index in [0.717, 1.165) is 12.3 Å². The van der Waals surface area contributed by atoms with Gasteiger partial charge in [-0.25, -0.2) is 0 Å². The fraction of sp³-hybridized carbons (Fsp3) is 0.643. The van der Waals surface area contributed by atoms with Gasteiger partial charge in [-0.05, 0) is 12.3 Å². The van der Waals surface area contributed by atoms with Crippen molar-refractivity contribution in [1.29, 1.82) is 0 Å². The Morgan fingerprint density at radius 2 is 1.33 bits per heavy atom. The Kier molecular flexibility index (Phi) is 22.5. The van der Waals surface area contributed by atoms with Gasteiger partial charge in [-0.1, -0.05) is 70.8 Å². The van der Waals surface area contributed by atoms with Crippen LogP contribution in [0.15, 0.2) is 24.3 Å². The second-order valence-corrected chi connectivity index (χ2v) is 3.48. The Morgan fingerprint density at radius 1 is 0.933 bits per heavy atom. The van der Waals surface area contributed by atoms with Gasteiger partial charge in [-0.15, -0.1) is 0 Å². The molecule has 84 valence electrons. The summed E-state index contributed by atoms with van der Waals surface area (Å²) in [7, 11) is 0. The maximum absolute atomic E-state index is 2.34. The van der Waals surface area contributed by atoms with Crippen LogP contribution in [0.5, 0.6) is 0 Å². The van der Waals surface area contributed by atoms with Crippen LogP contribution in [-0.2, 0) is 0 Å². The Labute approximate surface area is 109 Å². The standard InChI is InChI=1S/C6H12.C5H6.C2H6.CH3.Li/c1-6-4-2-3-5-6;1-2-4-5-3-1;1-2;;/h6H,2-5H2,1H3;1-4H,5H2;1-2H3;1H3;/q;;;-1;+1. The first-order valence-electron chi connectivity index (χ1n) is 5.71. The van der Waals surface area contributed by atoms with E-state index < -0.39 is 0 Å². The van der Waals surface area contributed by atoms with E-state index in [9.17, 15) is 0 Å². The van der Waals surface area contributed by atoms with Crippen LogP contribution in [0.3, 0.4) is 0 Å². The molecular formula is C14H27Li. The topological polar surface area (TPSA) is 0 Å². The molecule has 1 saturated carbocycles. The van der Waals surface area contributed by atoms with Gasteiger partial charge in [0, 0.05) is 0 Å². The van der Waals surface area contributed by atoms with Crippen LogP contribution in [0.25, 0.3) is 0 Å². The molecule has 2 rings (SSSR count). The van der Waals surface area contributed by atoms with Gasteiger partial charge >= 0.3 is 18.9 Å². The Bertz CT molecular complexity index is 131. The second kappa shape index (κ2) is 16.5. The van der Waals surface area contributed by atoms with Crippen LogP contribution < -0.4 is 18.9 Å². The largest absolute Gasteiger partial charge is 1.00 e. The number of allylic oxidation sites excluding steroid dienone is 4. The van der Waals surface area contributed by atoms with Crippen LogP contribution in [0.1, 0.15) is 52.9 Å². The van der Waals surface area contributed by atoms with Crippen LogP contribution in [0.4, 0.5) is 0 Å². The summed E-state index contributed by atoms with van der Waals surface area (Å²) in [5.41, 5.74) is 0. The second-order valence-electron chi connectivity index (χ2n) is 3.48. The monoisotopic (exact) mass is 202 g/mol. The molecule has 0 aromatic heterocycles. The van der Waals surface area contributed by atoms with Gasteiger partial charge in [0.2, 0.25) is 0 Å². The van der Waals surface area contributed by atoms with Gasteiger partial charge in [0.15, 0.2) is 0 Å². The van der Waals surface area contributed by atoms with E-state index >= 15 is 0 Å². The number of rotatable bonds is 0. The van der Waals surface area contributed by atoms with Crippen molar-refractivity contribution in [2.75, 3.05) is 0 Å². The molecule has 1 heteroatoms. The quantitative estimate of drug-likeness (QED) is 0.417. The molecule has 0 atom stereocenters. The van der Waals surface area contributed by atoms with Crippen LogP contribution >= 0.6 is 0 Å². The Hall–Kier alpha value is 0.0774. The zero-order chi connectivity index (χ0) is 9.94. The fourth-order valence-electron chi connectivity index (χ4n) is 1.52. The molecule has 0 unspecified atom stereocenters. The molecule has 0 aromatic carbocycles. The average molecular weight is 202 g/mol. The molecule has 0 heterocycles. The summed E-state index contributed by atoms with van der Waals surface area (Å²) < 4.78 is 0. The molecular weight excluding hydrogens is 175 g/mol. The minimum absolute atomic E-state index is 0. The molecule has 0 aliphatic heterocycles. The molecule has 15 heavy (non-hydrogen) atoms. The van der Waals surface area contributed by atoms with E-state index in [4.69, 9.17) is 0 Å². The molecule has 0 bridgehead atoms.